The van der Waals surface area contributed by atoms with Crippen molar-refractivity contribution in [3.8, 4) is 0 Å². The van der Waals surface area contributed by atoms with Crippen LogP contribution in [0.4, 0.5) is 25.0 Å². The lowest BCUT2D eigenvalue weighted by Gasteiger charge is -2.29. The fraction of sp³-hybridized carbons (Fsp3) is 0.562. The Hall–Kier alpha value is -1.74. The van der Waals surface area contributed by atoms with Crippen LogP contribution in [0.2, 0.25) is 0 Å². The zero-order chi connectivity index (χ0) is 18.6. The molecular formula is C16H23F2N3O3S. The molecule has 0 bridgehead atoms. The summed E-state index contributed by atoms with van der Waals surface area (Å²) in [6, 6.07) is 2.23. The van der Waals surface area contributed by atoms with E-state index in [1.54, 1.807) is 4.90 Å². The molecule has 0 aromatic heterocycles. The predicted molar refractivity (Wildman–Crippen MR) is 94.5 cm³/mol. The van der Waals surface area contributed by atoms with E-state index in [1.165, 1.54) is 4.90 Å². The van der Waals surface area contributed by atoms with E-state index >= 15 is 0 Å². The fourth-order valence-electron chi connectivity index (χ4n) is 2.73. The van der Waals surface area contributed by atoms with Crippen LogP contribution in [0.1, 0.15) is 13.8 Å². The molecular weight excluding hydrogens is 352 g/mol. The number of amides is 1. The lowest BCUT2D eigenvalue weighted by molar-refractivity contribution is 0.145. The molecule has 2 aliphatic rings. The molecule has 6 nitrogen and oxygen atoms in total. The van der Waals surface area contributed by atoms with Crippen LogP contribution in [0.3, 0.4) is 0 Å². The monoisotopic (exact) mass is 375 g/mol. The van der Waals surface area contributed by atoms with Crippen LogP contribution >= 0.6 is 0 Å². The van der Waals surface area contributed by atoms with Gasteiger partial charge in [-0.25, -0.2) is 13.6 Å². The normalized spacial score (nSPS) is 21.0. The number of carbonyl (C=O) groups is 1. The van der Waals surface area contributed by atoms with E-state index < -0.39 is 34.6 Å². The maximum absolute atomic E-state index is 14.4. The van der Waals surface area contributed by atoms with E-state index in [0.717, 1.165) is 12.1 Å². The third kappa shape index (κ3) is 4.27. The summed E-state index contributed by atoms with van der Waals surface area (Å²) in [6.45, 7) is 4.98. The lowest BCUT2D eigenvalue weighted by atomic mass is 10.2. The van der Waals surface area contributed by atoms with Gasteiger partial charge < -0.3 is 15.4 Å². The standard InChI is InChI=1S/C14H17F2N3O3S.C2H6/c15-11-5-9(19-8-10(7-17)22-14(19)20)6-12(16)13(11)18-1-3-23(21)4-2-18;1-2/h5-6,10H,1-4,7-8,17H2;1-2H3. The second-order valence-corrected chi connectivity index (χ2v) is 7.14. The molecule has 2 fully saturated rings. The van der Waals surface area contributed by atoms with Crippen LogP contribution in [0.15, 0.2) is 12.1 Å². The summed E-state index contributed by atoms with van der Waals surface area (Å²) in [5.74, 6) is -0.734. The molecule has 0 aliphatic carbocycles. The molecule has 0 spiro atoms. The third-order valence-electron chi connectivity index (χ3n) is 3.94. The fourth-order valence-corrected chi connectivity index (χ4v) is 3.78. The number of nitrogens with two attached hydrogens (primary N) is 1. The smallest absolute Gasteiger partial charge is 0.414 e. The van der Waals surface area contributed by atoms with Crippen LogP contribution in [-0.4, -0.2) is 54.1 Å². The number of halogens is 2. The van der Waals surface area contributed by atoms with Crippen LogP contribution in [0.5, 0.6) is 0 Å². The first-order valence-corrected chi connectivity index (χ1v) is 9.75. The van der Waals surface area contributed by atoms with Gasteiger partial charge >= 0.3 is 6.09 Å². The van der Waals surface area contributed by atoms with Gasteiger partial charge in [0.15, 0.2) is 11.6 Å². The number of cyclic esters (lactones) is 1. The summed E-state index contributed by atoms with van der Waals surface area (Å²) in [5, 5.41) is 0. The quantitative estimate of drug-likeness (QED) is 0.873. The van der Waals surface area contributed by atoms with Crippen molar-refractivity contribution in [2.75, 3.05) is 47.5 Å². The highest BCUT2D eigenvalue weighted by molar-refractivity contribution is 7.85. The van der Waals surface area contributed by atoms with Gasteiger partial charge in [-0.05, 0) is 0 Å². The number of nitrogens with zero attached hydrogens (tertiary/aromatic N) is 2. The van der Waals surface area contributed by atoms with Gasteiger partial charge in [-0.1, -0.05) is 13.8 Å². The van der Waals surface area contributed by atoms with Gasteiger partial charge in [0.1, 0.15) is 11.8 Å². The van der Waals surface area contributed by atoms with E-state index in [1.807, 2.05) is 13.8 Å². The average Bonchev–Trinajstić information content (AvgIpc) is 2.99. The van der Waals surface area contributed by atoms with Gasteiger partial charge in [-0.3, -0.25) is 9.11 Å². The van der Waals surface area contributed by atoms with E-state index in [4.69, 9.17) is 10.5 Å². The van der Waals surface area contributed by atoms with Crippen LogP contribution in [0, 0.1) is 11.6 Å². The zero-order valence-electron chi connectivity index (χ0n) is 14.3. The highest BCUT2D eigenvalue weighted by atomic mass is 32.2. The minimum Gasteiger partial charge on any atom is -0.443 e. The summed E-state index contributed by atoms with van der Waals surface area (Å²) >= 11 is 0. The highest BCUT2D eigenvalue weighted by Crippen LogP contribution is 2.31. The molecule has 1 atom stereocenters. The summed E-state index contributed by atoms with van der Waals surface area (Å²) in [7, 11) is -0.932. The second kappa shape index (κ2) is 8.57. The SMILES string of the molecule is CC.NCC1CN(c2cc(F)c(N3CCS(=O)CC3)c(F)c2)C(=O)O1. The molecule has 1 aromatic rings. The van der Waals surface area contributed by atoms with Gasteiger partial charge in [0, 0.05) is 54.1 Å². The number of hydrogen-bond acceptors (Lipinski definition) is 5. The van der Waals surface area contributed by atoms with Gasteiger partial charge in [0.05, 0.1) is 12.2 Å². The number of hydrogen-bond donors (Lipinski definition) is 1. The molecule has 2 heterocycles. The predicted octanol–water partition coefficient (Wildman–Crippen LogP) is 1.84. The topological polar surface area (TPSA) is 75.9 Å². The summed E-state index contributed by atoms with van der Waals surface area (Å²) in [4.78, 5) is 14.5. The first kappa shape index (κ1) is 19.6. The lowest BCUT2D eigenvalue weighted by Crippen LogP contribution is -2.38. The Labute approximate surface area is 148 Å². The summed E-state index contributed by atoms with van der Waals surface area (Å²) in [5.41, 5.74) is 5.40. The number of benzene rings is 1. The zero-order valence-corrected chi connectivity index (χ0v) is 15.2. The van der Waals surface area contributed by atoms with Crippen molar-refractivity contribution in [1.29, 1.82) is 0 Å². The molecule has 0 saturated carbocycles. The molecule has 25 heavy (non-hydrogen) atoms. The van der Waals surface area contributed by atoms with E-state index in [-0.39, 0.29) is 24.5 Å². The minimum absolute atomic E-state index is 0.102. The first-order valence-electron chi connectivity index (χ1n) is 8.26. The Kier molecular flexibility index (Phi) is 6.71. The van der Waals surface area contributed by atoms with Crippen LogP contribution < -0.4 is 15.5 Å². The van der Waals surface area contributed by atoms with Crippen molar-refractivity contribution < 1.29 is 22.5 Å². The molecule has 1 amide bonds. The maximum Gasteiger partial charge on any atom is 0.414 e. The highest BCUT2D eigenvalue weighted by Gasteiger charge is 2.33. The molecule has 2 saturated heterocycles. The summed E-state index contributed by atoms with van der Waals surface area (Å²) < 4.78 is 45.1. The summed E-state index contributed by atoms with van der Waals surface area (Å²) in [6.07, 6.45) is -1.15. The number of carbonyl (C=O) groups excluding carboxylic acids is 1. The van der Waals surface area contributed by atoms with Crippen LogP contribution in [-0.2, 0) is 15.5 Å². The van der Waals surface area contributed by atoms with Crippen LogP contribution in [0.25, 0.3) is 0 Å². The Bertz CT molecular complexity index is 627. The van der Waals surface area contributed by atoms with Crippen molar-refractivity contribution >= 4 is 28.3 Å². The van der Waals surface area contributed by atoms with E-state index in [0.29, 0.717) is 24.6 Å². The van der Waals surface area contributed by atoms with Crippen molar-refractivity contribution in [1.82, 2.24) is 0 Å². The number of anilines is 2. The molecule has 0 radical (unpaired) electrons. The average molecular weight is 375 g/mol. The Morgan fingerprint density at radius 3 is 2.28 bits per heavy atom. The number of ether oxygens (including phenoxy) is 1. The van der Waals surface area contributed by atoms with Crippen molar-refractivity contribution in [2.24, 2.45) is 5.73 Å². The molecule has 140 valence electrons. The molecule has 2 N–H and O–H groups in total. The maximum atomic E-state index is 14.4. The third-order valence-corrected chi connectivity index (χ3v) is 5.22. The molecule has 1 unspecified atom stereocenters. The Morgan fingerprint density at radius 1 is 1.24 bits per heavy atom. The molecule has 3 rings (SSSR count). The number of rotatable bonds is 3. The van der Waals surface area contributed by atoms with Crippen molar-refractivity contribution in [2.45, 2.75) is 20.0 Å². The van der Waals surface area contributed by atoms with Gasteiger partial charge in [-0.15, -0.1) is 0 Å². The largest absolute Gasteiger partial charge is 0.443 e. The van der Waals surface area contributed by atoms with Crippen molar-refractivity contribution in [3.05, 3.63) is 23.8 Å². The first-order chi connectivity index (χ1) is 12.0. The Morgan fingerprint density at radius 2 is 1.80 bits per heavy atom. The molecule has 1 aromatic carbocycles. The Balaban J connectivity index is 0.00000109. The van der Waals surface area contributed by atoms with E-state index in [2.05, 4.69) is 0 Å². The molecule has 9 heteroatoms. The minimum atomic E-state index is -0.932. The van der Waals surface area contributed by atoms with Crippen molar-refractivity contribution in [3.63, 3.8) is 0 Å². The molecule has 2 aliphatic heterocycles. The van der Waals surface area contributed by atoms with Gasteiger partial charge in [-0.2, -0.15) is 0 Å². The van der Waals surface area contributed by atoms with Gasteiger partial charge in [0.25, 0.3) is 0 Å². The van der Waals surface area contributed by atoms with E-state index in [9.17, 15) is 17.8 Å². The van der Waals surface area contributed by atoms with Gasteiger partial charge in [0.2, 0.25) is 0 Å². The second-order valence-electron chi connectivity index (χ2n) is 5.45.